The van der Waals surface area contributed by atoms with Gasteiger partial charge < -0.3 is 0 Å². The summed E-state index contributed by atoms with van der Waals surface area (Å²) < 4.78 is 66.6. The van der Waals surface area contributed by atoms with E-state index in [1.54, 1.807) is 37.3 Å². The molecule has 4 rings (SSSR count). The third-order valence-electron chi connectivity index (χ3n) is 5.23. The summed E-state index contributed by atoms with van der Waals surface area (Å²) >= 11 is 0. The SMILES string of the molecule is Cc1ccc(S(=O)(=O)n2c(C(=O)CC#N)cc3ccc(-c4ccc(C(F)(F)F)cn4)cc32)cc1. The van der Waals surface area contributed by atoms with Crippen LogP contribution in [0.5, 0.6) is 0 Å². The molecule has 0 atom stereocenters. The third kappa shape index (κ3) is 4.18. The smallest absolute Gasteiger partial charge is 0.291 e. The van der Waals surface area contributed by atoms with Crippen molar-refractivity contribution in [3.8, 4) is 17.3 Å². The lowest BCUT2D eigenvalue weighted by Crippen LogP contribution is -2.18. The second kappa shape index (κ2) is 8.43. The van der Waals surface area contributed by atoms with Crippen LogP contribution < -0.4 is 0 Å². The monoisotopic (exact) mass is 483 g/mol. The maximum atomic E-state index is 13.5. The number of rotatable bonds is 5. The van der Waals surface area contributed by atoms with Gasteiger partial charge >= 0.3 is 6.18 Å². The van der Waals surface area contributed by atoms with Crippen LogP contribution >= 0.6 is 0 Å². The fourth-order valence-corrected chi connectivity index (χ4v) is 5.02. The number of hydrogen-bond donors (Lipinski definition) is 0. The Balaban J connectivity index is 1.93. The summed E-state index contributed by atoms with van der Waals surface area (Å²) in [5.74, 6) is -0.677. The molecular weight excluding hydrogens is 467 g/mol. The molecule has 6 nitrogen and oxygen atoms in total. The van der Waals surface area contributed by atoms with Gasteiger partial charge in [0.25, 0.3) is 10.0 Å². The standard InChI is InChI=1S/C24H16F3N3O3S/c1-15-2-7-19(8-3-15)34(32,33)30-21-12-16(20-9-6-18(14-29-20)24(25,26)27)4-5-17(21)13-22(30)23(31)10-11-28/h2-9,12-14H,10H2,1H3. The van der Waals surface area contributed by atoms with E-state index in [2.05, 4.69) is 4.98 Å². The second-order valence-electron chi connectivity index (χ2n) is 7.57. The Labute approximate surface area is 193 Å². The zero-order chi connectivity index (χ0) is 24.7. The van der Waals surface area contributed by atoms with Gasteiger partial charge in [0.2, 0.25) is 0 Å². The van der Waals surface area contributed by atoms with E-state index in [9.17, 15) is 26.4 Å². The normalized spacial score (nSPS) is 12.0. The van der Waals surface area contributed by atoms with E-state index in [1.165, 1.54) is 30.3 Å². The summed E-state index contributed by atoms with van der Waals surface area (Å²) in [5.41, 5.74) is 0.440. The van der Waals surface area contributed by atoms with E-state index in [4.69, 9.17) is 5.26 Å². The van der Waals surface area contributed by atoms with Gasteiger partial charge in [0, 0.05) is 17.1 Å². The first-order valence-corrected chi connectivity index (χ1v) is 11.4. The number of benzene rings is 2. The molecule has 0 fully saturated rings. The number of pyridine rings is 1. The Kier molecular flexibility index (Phi) is 5.75. The Morgan fingerprint density at radius 3 is 2.35 bits per heavy atom. The molecule has 2 aromatic carbocycles. The number of nitrogens with zero attached hydrogens (tertiary/aromatic N) is 3. The summed E-state index contributed by atoms with van der Waals surface area (Å²) in [6.45, 7) is 1.80. The minimum absolute atomic E-state index is 0.0559. The van der Waals surface area contributed by atoms with Crippen LogP contribution in [0.1, 0.15) is 28.0 Å². The molecule has 2 heterocycles. The maximum Gasteiger partial charge on any atom is 0.417 e. The third-order valence-corrected chi connectivity index (χ3v) is 6.97. The number of hydrogen-bond acceptors (Lipinski definition) is 5. The Bertz CT molecular complexity index is 1550. The van der Waals surface area contributed by atoms with Gasteiger partial charge in [-0.05, 0) is 43.3 Å². The average Bonchev–Trinajstić information content (AvgIpc) is 3.19. The topological polar surface area (TPSA) is 92.8 Å². The van der Waals surface area contributed by atoms with Gasteiger partial charge in [0.05, 0.1) is 27.7 Å². The van der Waals surface area contributed by atoms with Crippen LogP contribution in [0.3, 0.4) is 0 Å². The molecule has 4 aromatic rings. The number of ketones is 1. The number of aryl methyl sites for hydroxylation is 1. The molecule has 0 radical (unpaired) electrons. The summed E-state index contributed by atoms with van der Waals surface area (Å²) in [7, 11) is -4.24. The molecule has 0 aliphatic heterocycles. The molecule has 0 aliphatic carbocycles. The molecule has 10 heteroatoms. The van der Waals surface area contributed by atoms with Crippen molar-refractivity contribution >= 4 is 26.7 Å². The lowest BCUT2D eigenvalue weighted by molar-refractivity contribution is -0.137. The molecule has 0 unspecified atom stereocenters. The molecule has 172 valence electrons. The van der Waals surface area contributed by atoms with Crippen molar-refractivity contribution < 1.29 is 26.4 Å². The van der Waals surface area contributed by atoms with Gasteiger partial charge in [-0.1, -0.05) is 29.8 Å². The highest BCUT2D eigenvalue weighted by Gasteiger charge is 2.31. The van der Waals surface area contributed by atoms with Crippen LogP contribution in [-0.4, -0.2) is 23.2 Å². The highest BCUT2D eigenvalue weighted by Crippen LogP contribution is 2.32. The van der Waals surface area contributed by atoms with Crippen LogP contribution in [0.15, 0.2) is 71.8 Å². The van der Waals surface area contributed by atoms with Crippen molar-refractivity contribution in [3.63, 3.8) is 0 Å². The van der Waals surface area contributed by atoms with Gasteiger partial charge in [0.1, 0.15) is 12.1 Å². The first-order valence-electron chi connectivity index (χ1n) is 9.94. The van der Waals surface area contributed by atoms with Gasteiger partial charge in [0.15, 0.2) is 5.78 Å². The van der Waals surface area contributed by atoms with Crippen molar-refractivity contribution in [2.75, 3.05) is 0 Å². The lowest BCUT2D eigenvalue weighted by atomic mass is 10.1. The minimum Gasteiger partial charge on any atom is -0.291 e. The van der Waals surface area contributed by atoms with Crippen LogP contribution in [0.2, 0.25) is 0 Å². The zero-order valence-corrected chi connectivity index (χ0v) is 18.5. The fourth-order valence-electron chi connectivity index (χ4n) is 3.50. The van der Waals surface area contributed by atoms with Crippen LogP contribution in [0.4, 0.5) is 13.2 Å². The molecule has 0 aliphatic rings. The first kappa shape index (κ1) is 23.2. The predicted octanol–water partition coefficient (Wildman–Crippen LogP) is 5.36. The Morgan fingerprint density at radius 1 is 1.06 bits per heavy atom. The van der Waals surface area contributed by atoms with Crippen molar-refractivity contribution in [2.24, 2.45) is 0 Å². The van der Waals surface area contributed by atoms with Gasteiger partial charge in [-0.15, -0.1) is 0 Å². The van der Waals surface area contributed by atoms with Crippen LogP contribution in [-0.2, 0) is 16.2 Å². The molecule has 0 bridgehead atoms. The summed E-state index contributed by atoms with van der Waals surface area (Å²) in [5, 5.41) is 9.38. The number of nitriles is 1. The molecular formula is C24H16F3N3O3S. The van der Waals surface area contributed by atoms with E-state index >= 15 is 0 Å². The lowest BCUT2D eigenvalue weighted by Gasteiger charge is -2.12. The van der Waals surface area contributed by atoms with E-state index in [0.29, 0.717) is 17.1 Å². The molecule has 2 aromatic heterocycles. The van der Waals surface area contributed by atoms with Gasteiger partial charge in [-0.2, -0.15) is 18.4 Å². The molecule has 0 N–H and O–H groups in total. The van der Waals surface area contributed by atoms with Crippen LogP contribution in [0.25, 0.3) is 22.2 Å². The first-order chi connectivity index (χ1) is 16.0. The number of carbonyl (C=O) groups excluding carboxylic acids is 1. The molecule has 34 heavy (non-hydrogen) atoms. The maximum absolute atomic E-state index is 13.5. The van der Waals surface area contributed by atoms with E-state index in [0.717, 1.165) is 15.6 Å². The highest BCUT2D eigenvalue weighted by atomic mass is 32.2. The largest absolute Gasteiger partial charge is 0.417 e. The Hall–Kier alpha value is -3.97. The van der Waals surface area contributed by atoms with Crippen molar-refractivity contribution in [1.82, 2.24) is 8.96 Å². The number of Topliss-reactive ketones (excluding diaryl/α,β-unsaturated/α-hetero) is 1. The number of halogens is 3. The number of alkyl halides is 3. The van der Waals surface area contributed by atoms with Crippen molar-refractivity contribution in [3.05, 3.63) is 83.7 Å². The van der Waals surface area contributed by atoms with E-state index in [1.807, 2.05) is 0 Å². The van der Waals surface area contributed by atoms with Crippen molar-refractivity contribution in [1.29, 1.82) is 5.26 Å². The van der Waals surface area contributed by atoms with Gasteiger partial charge in [-0.25, -0.2) is 12.4 Å². The fraction of sp³-hybridized carbons (Fsp3) is 0.125. The highest BCUT2D eigenvalue weighted by molar-refractivity contribution is 7.90. The number of fused-ring (bicyclic) bond motifs is 1. The van der Waals surface area contributed by atoms with E-state index in [-0.39, 0.29) is 21.8 Å². The molecule has 0 saturated carbocycles. The second-order valence-corrected chi connectivity index (χ2v) is 9.36. The zero-order valence-electron chi connectivity index (χ0n) is 17.7. The minimum atomic E-state index is -4.54. The number of aromatic nitrogens is 2. The van der Waals surface area contributed by atoms with Crippen LogP contribution in [0, 0.1) is 18.3 Å². The predicted molar refractivity (Wildman–Crippen MR) is 118 cm³/mol. The Morgan fingerprint density at radius 2 is 1.76 bits per heavy atom. The van der Waals surface area contributed by atoms with Gasteiger partial charge in [-0.3, -0.25) is 9.78 Å². The average molecular weight is 483 g/mol. The molecule has 0 amide bonds. The molecule has 0 saturated heterocycles. The van der Waals surface area contributed by atoms with E-state index < -0.39 is 34.0 Å². The number of carbonyl (C=O) groups is 1. The van der Waals surface area contributed by atoms with Crippen molar-refractivity contribution in [2.45, 2.75) is 24.4 Å². The summed E-state index contributed by atoms with van der Waals surface area (Å²) in [6, 6.07) is 15.8. The quantitative estimate of drug-likeness (QED) is 0.356. The summed E-state index contributed by atoms with van der Waals surface area (Å²) in [6.07, 6.45) is -4.36. The summed E-state index contributed by atoms with van der Waals surface area (Å²) in [4.78, 5) is 16.4. The molecule has 0 spiro atoms.